The van der Waals surface area contributed by atoms with Gasteiger partial charge < -0.3 is 14.6 Å². The number of hydrogen-bond acceptors (Lipinski definition) is 3. The number of carboxylic acid groups (broad SMARTS) is 1. The van der Waals surface area contributed by atoms with E-state index in [1.807, 2.05) is 19.1 Å². The van der Waals surface area contributed by atoms with E-state index < -0.39 is 12.1 Å². The van der Waals surface area contributed by atoms with Gasteiger partial charge in [0.1, 0.15) is 18.1 Å². The molecule has 24 heavy (non-hydrogen) atoms. The van der Waals surface area contributed by atoms with Crippen LogP contribution in [0, 0.1) is 0 Å². The Hall–Kier alpha value is -1.91. The summed E-state index contributed by atoms with van der Waals surface area (Å²) in [6.45, 7) is 3.79. The van der Waals surface area contributed by atoms with Crippen LogP contribution >= 0.6 is 23.2 Å². The summed E-state index contributed by atoms with van der Waals surface area (Å²) in [6, 6.07) is 14.2. The Labute approximate surface area is 151 Å². The number of benzene rings is 2. The van der Waals surface area contributed by atoms with Crippen LogP contribution in [0.2, 0.25) is 5.02 Å². The quantitative estimate of drug-likeness (QED) is 0.725. The van der Waals surface area contributed by atoms with Gasteiger partial charge in [-0.2, -0.15) is 0 Å². The maximum absolute atomic E-state index is 10.7. The molecule has 2 aromatic rings. The Morgan fingerprint density at radius 1 is 1.08 bits per heavy atom. The van der Waals surface area contributed by atoms with Crippen molar-refractivity contribution in [1.82, 2.24) is 0 Å². The molecule has 0 amide bonds. The summed E-state index contributed by atoms with van der Waals surface area (Å²) >= 11 is 10.8. The zero-order valence-corrected chi connectivity index (χ0v) is 15.1. The monoisotopic (exact) mass is 370 g/mol. The lowest BCUT2D eigenvalue weighted by atomic mass is 10.2. The lowest BCUT2D eigenvalue weighted by Crippen LogP contribution is -2.22. The van der Waals surface area contributed by atoms with Crippen LogP contribution in [0.25, 0.3) is 0 Å². The molecular formula is C18H20Cl2O4. The van der Waals surface area contributed by atoms with Crippen molar-refractivity contribution in [3.63, 3.8) is 0 Å². The lowest BCUT2D eigenvalue weighted by molar-refractivity contribution is -0.144. The van der Waals surface area contributed by atoms with Crippen LogP contribution < -0.4 is 9.47 Å². The summed E-state index contributed by atoms with van der Waals surface area (Å²) < 4.78 is 10.9. The molecule has 0 bridgehead atoms. The van der Waals surface area contributed by atoms with Gasteiger partial charge in [-0.05, 0) is 48.9 Å². The standard InChI is InChI=1S/C16H15ClO4.C2H5Cl/c1-11(16(18)19)21-15-6-2-12(3-7-15)10-20-14-8-4-13(17)5-9-14;1-2-3/h2-9,11H,10H2,1H3,(H,18,19);2H2,1H3. The second-order valence-corrected chi connectivity index (χ2v) is 5.72. The van der Waals surface area contributed by atoms with Gasteiger partial charge in [-0.1, -0.05) is 30.7 Å². The molecule has 0 heterocycles. The first-order valence-corrected chi connectivity index (χ1v) is 8.30. The van der Waals surface area contributed by atoms with Gasteiger partial charge in [-0.25, -0.2) is 4.79 Å². The Balaban J connectivity index is 0.000000891. The number of ether oxygens (including phenoxy) is 2. The predicted molar refractivity (Wildman–Crippen MR) is 96.3 cm³/mol. The van der Waals surface area contributed by atoms with Gasteiger partial charge >= 0.3 is 5.97 Å². The summed E-state index contributed by atoms with van der Waals surface area (Å²) in [6.07, 6.45) is -0.874. The zero-order valence-electron chi connectivity index (χ0n) is 13.5. The van der Waals surface area contributed by atoms with Gasteiger partial charge in [-0.15, -0.1) is 11.6 Å². The molecule has 130 valence electrons. The molecule has 0 fully saturated rings. The number of hydrogen-bond donors (Lipinski definition) is 1. The third kappa shape index (κ3) is 7.57. The van der Waals surface area contributed by atoms with Gasteiger partial charge in [-0.3, -0.25) is 0 Å². The van der Waals surface area contributed by atoms with E-state index in [2.05, 4.69) is 0 Å². The van der Waals surface area contributed by atoms with Crippen molar-refractivity contribution < 1.29 is 19.4 Å². The molecule has 1 N–H and O–H groups in total. The van der Waals surface area contributed by atoms with Crippen molar-refractivity contribution >= 4 is 29.2 Å². The lowest BCUT2D eigenvalue weighted by Gasteiger charge is -2.11. The van der Waals surface area contributed by atoms with Gasteiger partial charge in [0.15, 0.2) is 6.10 Å². The van der Waals surface area contributed by atoms with Crippen LogP contribution in [-0.2, 0) is 11.4 Å². The molecule has 0 saturated carbocycles. The molecule has 0 aromatic heterocycles. The highest BCUT2D eigenvalue weighted by molar-refractivity contribution is 6.30. The van der Waals surface area contributed by atoms with E-state index in [4.69, 9.17) is 37.8 Å². The minimum atomic E-state index is -0.995. The molecule has 0 spiro atoms. The fourth-order valence-electron chi connectivity index (χ4n) is 1.62. The number of alkyl halides is 1. The number of carbonyl (C=O) groups is 1. The summed E-state index contributed by atoms with van der Waals surface area (Å²) in [4.78, 5) is 10.7. The van der Waals surface area contributed by atoms with Gasteiger partial charge in [0, 0.05) is 10.9 Å². The Morgan fingerprint density at radius 2 is 1.58 bits per heavy atom. The fourth-order valence-corrected chi connectivity index (χ4v) is 1.74. The highest BCUT2D eigenvalue weighted by Gasteiger charge is 2.11. The SMILES string of the molecule is CC(Oc1ccc(COc2ccc(Cl)cc2)cc1)C(=O)O.CCCl. The van der Waals surface area contributed by atoms with E-state index in [-0.39, 0.29) is 0 Å². The second-order valence-electron chi connectivity index (χ2n) is 4.75. The summed E-state index contributed by atoms with van der Waals surface area (Å²) in [5.41, 5.74) is 0.959. The third-order valence-electron chi connectivity index (χ3n) is 2.80. The van der Waals surface area contributed by atoms with Crippen LogP contribution in [0.4, 0.5) is 0 Å². The van der Waals surface area contributed by atoms with Crippen LogP contribution in [0.1, 0.15) is 19.4 Å². The van der Waals surface area contributed by atoms with E-state index in [1.165, 1.54) is 6.92 Å². The maximum atomic E-state index is 10.7. The molecule has 0 saturated heterocycles. The maximum Gasteiger partial charge on any atom is 0.344 e. The minimum absolute atomic E-state index is 0.413. The molecular weight excluding hydrogens is 351 g/mol. The van der Waals surface area contributed by atoms with Crippen molar-refractivity contribution in [1.29, 1.82) is 0 Å². The molecule has 1 atom stereocenters. The van der Waals surface area contributed by atoms with Crippen molar-refractivity contribution in [2.45, 2.75) is 26.6 Å². The first-order valence-electron chi connectivity index (χ1n) is 7.39. The molecule has 0 aliphatic carbocycles. The first kappa shape index (κ1) is 20.1. The molecule has 2 aromatic carbocycles. The van der Waals surface area contributed by atoms with Crippen LogP contribution in [0.3, 0.4) is 0 Å². The molecule has 0 aliphatic heterocycles. The van der Waals surface area contributed by atoms with E-state index in [0.29, 0.717) is 17.4 Å². The Kier molecular flexibility index (Phi) is 9.05. The largest absolute Gasteiger partial charge is 0.489 e. The van der Waals surface area contributed by atoms with Crippen molar-refractivity contribution in [3.8, 4) is 11.5 Å². The average Bonchev–Trinajstić information content (AvgIpc) is 2.56. The minimum Gasteiger partial charge on any atom is -0.489 e. The fraction of sp³-hybridized carbons (Fsp3) is 0.278. The Bertz CT molecular complexity index is 612. The number of aliphatic carboxylic acids is 1. The highest BCUT2D eigenvalue weighted by atomic mass is 35.5. The summed E-state index contributed by atoms with van der Waals surface area (Å²) in [5.74, 6) is 0.976. The predicted octanol–water partition coefficient (Wildman–Crippen LogP) is 5.02. The van der Waals surface area contributed by atoms with E-state index >= 15 is 0 Å². The Morgan fingerprint density at radius 3 is 2.08 bits per heavy atom. The molecule has 4 nitrogen and oxygen atoms in total. The van der Waals surface area contributed by atoms with Crippen molar-refractivity contribution in [2.75, 3.05) is 5.88 Å². The topological polar surface area (TPSA) is 55.8 Å². The summed E-state index contributed by atoms with van der Waals surface area (Å²) in [7, 11) is 0. The van der Waals surface area contributed by atoms with Gasteiger partial charge in [0.25, 0.3) is 0 Å². The molecule has 1 unspecified atom stereocenters. The number of carboxylic acids is 1. The number of halogens is 2. The van der Waals surface area contributed by atoms with Crippen molar-refractivity contribution in [2.24, 2.45) is 0 Å². The molecule has 0 radical (unpaired) electrons. The third-order valence-corrected chi connectivity index (χ3v) is 3.06. The smallest absolute Gasteiger partial charge is 0.344 e. The van der Waals surface area contributed by atoms with Gasteiger partial charge in [0.2, 0.25) is 0 Å². The van der Waals surface area contributed by atoms with Gasteiger partial charge in [0.05, 0.1) is 0 Å². The average molecular weight is 371 g/mol. The highest BCUT2D eigenvalue weighted by Crippen LogP contribution is 2.18. The van der Waals surface area contributed by atoms with E-state index in [1.54, 1.807) is 36.4 Å². The van der Waals surface area contributed by atoms with Crippen molar-refractivity contribution in [3.05, 3.63) is 59.1 Å². The normalized spacial score (nSPS) is 11.0. The zero-order chi connectivity index (χ0) is 17.9. The van der Waals surface area contributed by atoms with E-state index in [0.717, 1.165) is 17.2 Å². The van der Waals surface area contributed by atoms with E-state index in [9.17, 15) is 4.79 Å². The molecule has 2 rings (SSSR count). The van der Waals surface area contributed by atoms with Crippen LogP contribution in [0.5, 0.6) is 11.5 Å². The van der Waals surface area contributed by atoms with Crippen LogP contribution in [0.15, 0.2) is 48.5 Å². The summed E-state index contributed by atoms with van der Waals surface area (Å²) in [5, 5.41) is 9.44. The van der Waals surface area contributed by atoms with Crippen LogP contribution in [-0.4, -0.2) is 23.1 Å². The number of rotatable bonds is 6. The first-order chi connectivity index (χ1) is 11.5. The second kappa shape index (κ2) is 10.8. The molecule has 0 aliphatic rings. The molecule has 6 heteroatoms.